The van der Waals surface area contributed by atoms with E-state index in [1.54, 1.807) is 0 Å². The average molecular weight is 309 g/mol. The summed E-state index contributed by atoms with van der Waals surface area (Å²) >= 11 is 0. The highest BCUT2D eigenvalue weighted by Crippen LogP contribution is 2.30. The summed E-state index contributed by atoms with van der Waals surface area (Å²) in [6.45, 7) is 11.5. The quantitative estimate of drug-likeness (QED) is 0.773. The summed E-state index contributed by atoms with van der Waals surface area (Å²) in [4.78, 5) is 19.2. The van der Waals surface area contributed by atoms with Crippen LogP contribution in [0.1, 0.15) is 26.2 Å². The van der Waals surface area contributed by atoms with Gasteiger partial charge < -0.3 is 14.5 Å². The zero-order chi connectivity index (χ0) is 15.4. The van der Waals surface area contributed by atoms with E-state index in [-0.39, 0.29) is 5.91 Å². The molecule has 3 rings (SSSR count). The Labute approximate surface area is 134 Å². The van der Waals surface area contributed by atoms with Gasteiger partial charge in [0.15, 0.2) is 0 Å². The lowest BCUT2D eigenvalue weighted by Crippen LogP contribution is -2.52. The van der Waals surface area contributed by atoms with Crippen LogP contribution in [0.25, 0.3) is 0 Å². The van der Waals surface area contributed by atoms with Gasteiger partial charge in [0.2, 0.25) is 5.91 Å². The van der Waals surface area contributed by atoms with Gasteiger partial charge in [-0.25, -0.2) is 0 Å². The summed E-state index contributed by atoms with van der Waals surface area (Å²) in [5.41, 5.74) is 0. The molecule has 2 saturated heterocycles. The molecule has 1 aliphatic carbocycles. The first kappa shape index (κ1) is 16.2. The number of rotatable bonds is 4. The van der Waals surface area contributed by atoms with Crippen LogP contribution in [0, 0.1) is 11.8 Å². The van der Waals surface area contributed by atoms with Gasteiger partial charge in [0.05, 0.1) is 19.8 Å². The normalized spacial score (nSPS) is 31.6. The fourth-order valence-corrected chi connectivity index (χ4v) is 4.09. The topological polar surface area (TPSA) is 36.0 Å². The molecule has 3 fully saturated rings. The molecule has 0 radical (unpaired) electrons. The lowest BCUT2D eigenvalue weighted by Gasteiger charge is -2.37. The molecule has 2 aliphatic heterocycles. The smallest absolute Gasteiger partial charge is 0.236 e. The van der Waals surface area contributed by atoms with Gasteiger partial charge in [0, 0.05) is 45.8 Å². The molecule has 3 aliphatic rings. The number of morpholine rings is 1. The Hall–Kier alpha value is -0.650. The van der Waals surface area contributed by atoms with Crippen LogP contribution in [0.2, 0.25) is 0 Å². The number of nitrogens with zero attached hydrogens (tertiary/aromatic N) is 3. The fraction of sp³-hybridized carbons (Fsp3) is 0.941. The summed E-state index contributed by atoms with van der Waals surface area (Å²) in [5.74, 6) is 2.12. The van der Waals surface area contributed by atoms with E-state index in [4.69, 9.17) is 4.74 Å². The van der Waals surface area contributed by atoms with Gasteiger partial charge in [-0.15, -0.1) is 0 Å². The highest BCUT2D eigenvalue weighted by molar-refractivity contribution is 5.78. The maximum Gasteiger partial charge on any atom is 0.236 e. The van der Waals surface area contributed by atoms with Gasteiger partial charge in [-0.05, 0) is 24.7 Å². The second-order valence-electron chi connectivity index (χ2n) is 7.35. The zero-order valence-corrected chi connectivity index (χ0v) is 14.0. The number of ether oxygens (including phenoxy) is 1. The van der Waals surface area contributed by atoms with E-state index >= 15 is 0 Å². The molecule has 0 aromatic heterocycles. The van der Waals surface area contributed by atoms with Crippen LogP contribution < -0.4 is 0 Å². The Morgan fingerprint density at radius 3 is 2.32 bits per heavy atom. The third kappa shape index (κ3) is 4.43. The molecule has 1 amide bonds. The molecule has 5 nitrogen and oxygen atoms in total. The molecule has 126 valence electrons. The van der Waals surface area contributed by atoms with Crippen molar-refractivity contribution >= 4 is 5.91 Å². The van der Waals surface area contributed by atoms with Gasteiger partial charge in [0.25, 0.3) is 0 Å². The largest absolute Gasteiger partial charge is 0.378 e. The highest BCUT2D eigenvalue weighted by atomic mass is 16.5. The number of hydrogen-bond acceptors (Lipinski definition) is 4. The summed E-state index contributed by atoms with van der Waals surface area (Å²) < 4.78 is 5.31. The number of piperazine rings is 1. The second kappa shape index (κ2) is 7.75. The molecule has 0 aromatic carbocycles. The van der Waals surface area contributed by atoms with Crippen molar-refractivity contribution in [2.45, 2.75) is 26.2 Å². The van der Waals surface area contributed by atoms with Crippen LogP contribution in [0.15, 0.2) is 0 Å². The number of carbonyl (C=O) groups is 1. The SMILES string of the molecule is C[C@H]1CC[C@H](CN2CCN(CC(=O)N3CCOCC3)CC2)C1. The van der Waals surface area contributed by atoms with Crippen LogP contribution in [0.4, 0.5) is 0 Å². The Morgan fingerprint density at radius 1 is 1.00 bits per heavy atom. The molecule has 0 bridgehead atoms. The van der Waals surface area contributed by atoms with E-state index < -0.39 is 0 Å². The first-order valence-corrected chi connectivity index (χ1v) is 9.01. The fourth-order valence-electron chi connectivity index (χ4n) is 4.09. The minimum Gasteiger partial charge on any atom is -0.378 e. The van der Waals surface area contributed by atoms with Crippen LogP contribution in [0.5, 0.6) is 0 Å². The van der Waals surface area contributed by atoms with Gasteiger partial charge in [-0.1, -0.05) is 13.3 Å². The first-order chi connectivity index (χ1) is 10.7. The Bertz CT molecular complexity index is 363. The third-order valence-electron chi connectivity index (χ3n) is 5.51. The van der Waals surface area contributed by atoms with Gasteiger partial charge >= 0.3 is 0 Å². The van der Waals surface area contributed by atoms with Crippen molar-refractivity contribution < 1.29 is 9.53 Å². The van der Waals surface area contributed by atoms with Crippen molar-refractivity contribution in [1.82, 2.24) is 14.7 Å². The van der Waals surface area contributed by atoms with E-state index in [0.717, 1.165) is 51.1 Å². The molecule has 0 N–H and O–H groups in total. The molecule has 0 spiro atoms. The molecule has 2 atom stereocenters. The number of amides is 1. The number of hydrogen-bond donors (Lipinski definition) is 0. The van der Waals surface area contributed by atoms with E-state index in [2.05, 4.69) is 16.7 Å². The van der Waals surface area contributed by atoms with Crippen LogP contribution in [-0.2, 0) is 9.53 Å². The van der Waals surface area contributed by atoms with E-state index in [1.807, 2.05) is 4.90 Å². The predicted molar refractivity (Wildman–Crippen MR) is 86.8 cm³/mol. The van der Waals surface area contributed by atoms with Gasteiger partial charge in [0.1, 0.15) is 0 Å². The van der Waals surface area contributed by atoms with Crippen molar-refractivity contribution in [3.8, 4) is 0 Å². The first-order valence-electron chi connectivity index (χ1n) is 9.01. The van der Waals surface area contributed by atoms with E-state index in [1.165, 1.54) is 25.8 Å². The lowest BCUT2D eigenvalue weighted by atomic mass is 10.1. The van der Waals surface area contributed by atoms with Crippen LogP contribution >= 0.6 is 0 Å². The molecule has 2 heterocycles. The molecule has 0 aromatic rings. The summed E-state index contributed by atoms with van der Waals surface area (Å²) in [6, 6.07) is 0. The van der Waals surface area contributed by atoms with Crippen LogP contribution in [0.3, 0.4) is 0 Å². The Kier molecular flexibility index (Phi) is 5.71. The summed E-state index contributed by atoms with van der Waals surface area (Å²) in [7, 11) is 0. The minimum absolute atomic E-state index is 0.279. The summed E-state index contributed by atoms with van der Waals surface area (Å²) in [5, 5.41) is 0. The van der Waals surface area contributed by atoms with Gasteiger partial charge in [-0.3, -0.25) is 9.69 Å². The molecule has 1 saturated carbocycles. The van der Waals surface area contributed by atoms with Crippen molar-refractivity contribution in [2.75, 3.05) is 65.6 Å². The number of carbonyl (C=O) groups excluding carboxylic acids is 1. The summed E-state index contributed by atoms with van der Waals surface area (Å²) in [6.07, 6.45) is 4.24. The predicted octanol–water partition coefficient (Wildman–Crippen LogP) is 0.899. The second-order valence-corrected chi connectivity index (χ2v) is 7.35. The zero-order valence-electron chi connectivity index (χ0n) is 14.0. The van der Waals surface area contributed by atoms with Crippen molar-refractivity contribution in [2.24, 2.45) is 11.8 Å². The van der Waals surface area contributed by atoms with Crippen LogP contribution in [-0.4, -0.2) is 86.2 Å². The molecular formula is C17H31N3O2. The average Bonchev–Trinajstić information content (AvgIpc) is 2.95. The molecule has 0 unspecified atom stereocenters. The Morgan fingerprint density at radius 2 is 1.68 bits per heavy atom. The monoisotopic (exact) mass is 309 g/mol. The molecular weight excluding hydrogens is 278 g/mol. The van der Waals surface area contributed by atoms with Crippen molar-refractivity contribution in [3.63, 3.8) is 0 Å². The highest BCUT2D eigenvalue weighted by Gasteiger charge is 2.26. The van der Waals surface area contributed by atoms with Crippen molar-refractivity contribution in [3.05, 3.63) is 0 Å². The van der Waals surface area contributed by atoms with E-state index in [0.29, 0.717) is 19.8 Å². The van der Waals surface area contributed by atoms with Crippen molar-refractivity contribution in [1.29, 1.82) is 0 Å². The minimum atomic E-state index is 0.279. The third-order valence-corrected chi connectivity index (χ3v) is 5.51. The standard InChI is InChI=1S/C17H31N3O2/c1-15-2-3-16(12-15)13-18-4-6-19(7-5-18)14-17(21)20-8-10-22-11-9-20/h15-16H,2-14H2,1H3/t15-,16-/m0/s1. The Balaban J connectivity index is 1.35. The maximum absolute atomic E-state index is 12.3. The van der Waals surface area contributed by atoms with Gasteiger partial charge in [-0.2, -0.15) is 0 Å². The molecule has 22 heavy (non-hydrogen) atoms. The van der Waals surface area contributed by atoms with E-state index in [9.17, 15) is 4.79 Å². The lowest BCUT2D eigenvalue weighted by molar-refractivity contribution is -0.136. The molecule has 5 heteroatoms. The maximum atomic E-state index is 12.3.